The summed E-state index contributed by atoms with van der Waals surface area (Å²) in [6.07, 6.45) is 0. The molecule has 0 saturated heterocycles. The molecule has 100 heteroatoms. The van der Waals surface area contributed by atoms with Crippen molar-refractivity contribution in [2.24, 2.45) is 0 Å². The van der Waals surface area contributed by atoms with Crippen molar-refractivity contribution in [2.75, 3.05) is 0 Å². The quantitative estimate of drug-likeness (QED) is 0.216. The maximum Gasteiger partial charge on any atom is 1.00 e. The number of halogens is 95. The third kappa shape index (κ3) is 2070. The first-order chi connectivity index (χ1) is 0. The van der Waals surface area contributed by atoms with Crippen molar-refractivity contribution >= 4 is 1120 Å². The van der Waals surface area contributed by atoms with E-state index in [-0.39, 0.29) is 1330 Å². The monoisotopic (exact) mass is 3530 g/mol. The Morgan fingerprint density at radius 2 is 0.0300 bits per heavy atom. The van der Waals surface area contributed by atoms with Crippen LogP contribution in [0.3, 0.4) is 0 Å². The van der Waals surface area contributed by atoms with Crippen LogP contribution in [-0.4, -0.2) is 0 Å². The Morgan fingerprint density at radius 3 is 0.0300 bits per heavy atom. The van der Waals surface area contributed by atoms with E-state index in [1.807, 2.05) is 0 Å². The van der Waals surface area contributed by atoms with Gasteiger partial charge in [-0.05, 0) is 0 Å². The molecule has 0 saturated carbocycles. The van der Waals surface area contributed by atoms with Crippen molar-refractivity contribution in [1.82, 2.24) is 0 Å². The molecule has 0 aromatic heterocycles. The molecule has 0 aliphatic heterocycles. The zero-order valence-corrected chi connectivity index (χ0v) is 131. The average Bonchev–Trinajstić information content (AvgIpc) is 0. The van der Waals surface area contributed by atoms with Crippen molar-refractivity contribution in [3.8, 4) is 0 Å². The Kier molecular flexibility index (Phi) is 45800. The van der Waals surface area contributed by atoms with E-state index in [1.165, 1.54) is 0 Å². The predicted octanol–water partition coefficient (Wildman–Crippen LogP) is 8.00. The fourth-order valence-corrected chi connectivity index (χ4v) is 0. The molecule has 0 bridgehead atoms. The van der Waals surface area contributed by atoms with Gasteiger partial charge in [0.2, 0.25) is 0 Å². The number of hydrogen-bond acceptors (Lipinski definition) is 0. The van der Waals surface area contributed by atoms with E-state index in [4.69, 9.17) is 0 Å². The van der Waals surface area contributed by atoms with Gasteiger partial charge in [0.25, 0.3) is 0 Å². The molecule has 0 spiro atoms. The molecule has 0 aliphatic carbocycles. The Bertz CT molecular complexity index is 28.6. The molecule has 0 N–H and O–H groups in total. The van der Waals surface area contributed by atoms with E-state index in [1.54, 1.807) is 0 Å². The van der Waals surface area contributed by atoms with E-state index in [0.29, 0.717) is 0 Å². The normalized spacial score (nSPS) is 0. The first kappa shape index (κ1) is 2170. The van der Waals surface area contributed by atoms with Crippen LogP contribution in [0.15, 0.2) is 0 Å². The van der Waals surface area contributed by atoms with Crippen LogP contribution in [0.1, 0.15) is 0 Å². The Labute approximate surface area is 1300 Å². The van der Waals surface area contributed by atoms with Gasteiger partial charge in [-0.15, -0.1) is 1120 Å². The van der Waals surface area contributed by atoms with E-state index in [9.17, 15) is 0 Å². The fraction of sp³-hybridized carbons (Fsp3) is 0. The molecular formula is H90Cl95Na5. The number of rotatable bonds is 0. The van der Waals surface area contributed by atoms with Gasteiger partial charge in [0.1, 0.15) is 0 Å². The second kappa shape index (κ2) is 2120. The largest absolute Gasteiger partial charge is 1.00 e. The first-order valence-corrected chi connectivity index (χ1v) is 0. The molecule has 0 unspecified atom stereocenters. The summed E-state index contributed by atoms with van der Waals surface area (Å²) in [6.45, 7) is 0. The minimum atomic E-state index is 0. The average molecular weight is 3570 g/mol. The van der Waals surface area contributed by atoms with Crippen LogP contribution < -0.4 is 210 Å². The van der Waals surface area contributed by atoms with E-state index >= 15 is 0 Å². The Hall–Kier alpha value is 32.5. The maximum absolute atomic E-state index is 0. The molecule has 0 nitrogen and oxygen atoms in total. The third-order valence-corrected chi connectivity index (χ3v) is 0. The van der Waals surface area contributed by atoms with E-state index < -0.39 is 0 Å². The molecule has 0 heterocycles. The van der Waals surface area contributed by atoms with Crippen LogP contribution >= 0.6 is 1120 Å². The molecular weight excluding hydrogens is 3480 g/mol. The molecule has 100 heavy (non-hydrogen) atoms. The van der Waals surface area contributed by atoms with Crippen LogP contribution in [-0.2, 0) is 0 Å². The second-order valence-electron chi connectivity index (χ2n) is 0. The summed E-state index contributed by atoms with van der Waals surface area (Å²) >= 11 is 0. The van der Waals surface area contributed by atoms with Crippen LogP contribution in [0.25, 0.3) is 0 Å². The molecule has 0 fully saturated rings. The van der Waals surface area contributed by atoms with Gasteiger partial charge in [-0.2, -0.15) is 0 Å². The third-order valence-electron chi connectivity index (χ3n) is 0. The second-order valence-corrected chi connectivity index (χ2v) is 0. The topological polar surface area (TPSA) is 0 Å². The van der Waals surface area contributed by atoms with Gasteiger partial charge < -0.3 is 62.0 Å². The summed E-state index contributed by atoms with van der Waals surface area (Å²) in [4.78, 5) is 0. The zero-order valence-electron chi connectivity index (χ0n) is 43.6. The molecule has 760 valence electrons. The van der Waals surface area contributed by atoms with Crippen molar-refractivity contribution in [1.29, 1.82) is 0 Å². The summed E-state index contributed by atoms with van der Waals surface area (Å²) in [6, 6.07) is 0. The van der Waals surface area contributed by atoms with E-state index in [0.717, 1.165) is 0 Å². The Balaban J connectivity index is 0. The molecule has 0 aromatic rings. The van der Waals surface area contributed by atoms with Gasteiger partial charge in [0.15, 0.2) is 0 Å². The van der Waals surface area contributed by atoms with Crippen LogP contribution in [0.4, 0.5) is 0 Å². The van der Waals surface area contributed by atoms with Gasteiger partial charge in [-0.1, -0.05) is 0 Å². The first-order valence-electron chi connectivity index (χ1n) is 0. The molecule has 0 atom stereocenters. The Morgan fingerprint density at radius 1 is 0.0300 bits per heavy atom. The predicted molar refractivity (Wildman–Crippen MR) is 652 cm³/mol. The number of hydrogen-bond donors (Lipinski definition) is 0. The molecule has 0 aliphatic rings. The SMILES string of the molecule is Cl.Cl.Cl.Cl.Cl.Cl.Cl.Cl.Cl.Cl.Cl.Cl.Cl.Cl.Cl.Cl.Cl.Cl.Cl.Cl.Cl.Cl.Cl.Cl.Cl.Cl.Cl.Cl.Cl.Cl.Cl.Cl.Cl.Cl.Cl.Cl.Cl.Cl.Cl.Cl.Cl.Cl.Cl.Cl.Cl.Cl.Cl.Cl.Cl.Cl.Cl.Cl.Cl.Cl.Cl.Cl.Cl.Cl.Cl.Cl.Cl.Cl.Cl.Cl.Cl.Cl.Cl.Cl.Cl.Cl.Cl.Cl.Cl.Cl.Cl.Cl.Cl.Cl.Cl.Cl.Cl.Cl.Cl.Cl.Cl.Cl.Cl.Cl.Cl.Cl.[Cl-].[Cl-].[Cl-].[Cl-].[Cl-].[Na+].[Na+].[Na+].[Na+].[Na+]. The zero-order chi connectivity index (χ0) is 0. The van der Waals surface area contributed by atoms with E-state index in [2.05, 4.69) is 0 Å². The molecule has 0 rings (SSSR count). The van der Waals surface area contributed by atoms with Crippen molar-refractivity contribution < 1.29 is 210 Å². The summed E-state index contributed by atoms with van der Waals surface area (Å²) in [5.74, 6) is 0. The van der Waals surface area contributed by atoms with Crippen LogP contribution in [0.2, 0.25) is 0 Å². The van der Waals surface area contributed by atoms with Crippen molar-refractivity contribution in [3.05, 3.63) is 0 Å². The van der Waals surface area contributed by atoms with Crippen LogP contribution in [0.5, 0.6) is 0 Å². The van der Waals surface area contributed by atoms with Crippen molar-refractivity contribution in [2.45, 2.75) is 0 Å². The standard InChI is InChI=1S/95ClH.5Na/h95*1H;;;;;/q;;;;;;;;;;;;;;;;;;;;;;;;;;;;;;;;;;;;;;;;;;;;;;;;;;;;;;;;;;;;;;;;;;;;;;;;;;;;;;;;;;;;;;;;;;;;;;;5*+1/p-5. The summed E-state index contributed by atoms with van der Waals surface area (Å²) in [5.41, 5.74) is 0. The van der Waals surface area contributed by atoms with Crippen LogP contribution in [0, 0.1) is 0 Å². The van der Waals surface area contributed by atoms with Gasteiger partial charge in [0.05, 0.1) is 0 Å². The van der Waals surface area contributed by atoms with Gasteiger partial charge in [0, 0.05) is 0 Å². The molecule has 0 aromatic carbocycles. The molecule has 0 amide bonds. The minimum Gasteiger partial charge on any atom is -1.00 e. The van der Waals surface area contributed by atoms with Crippen molar-refractivity contribution in [3.63, 3.8) is 0 Å². The van der Waals surface area contributed by atoms with Gasteiger partial charge >= 0.3 is 148 Å². The summed E-state index contributed by atoms with van der Waals surface area (Å²) in [5, 5.41) is 0. The van der Waals surface area contributed by atoms with Gasteiger partial charge in [-0.25, -0.2) is 0 Å². The summed E-state index contributed by atoms with van der Waals surface area (Å²) < 4.78 is 0. The fourth-order valence-electron chi connectivity index (χ4n) is 0. The molecule has 0 radical (unpaired) electrons. The smallest absolute Gasteiger partial charge is 1.00 e. The maximum atomic E-state index is 0. The van der Waals surface area contributed by atoms with Gasteiger partial charge in [-0.3, -0.25) is 0 Å². The minimum absolute atomic E-state index is 0. The summed E-state index contributed by atoms with van der Waals surface area (Å²) in [7, 11) is 0.